The molecule has 2 rings (SSSR count). The minimum atomic E-state index is -3.71. The summed E-state index contributed by atoms with van der Waals surface area (Å²) < 4.78 is 38.8. The number of hydrogen-bond acceptors (Lipinski definition) is 4. The van der Waals surface area contributed by atoms with E-state index in [1.807, 2.05) is 0 Å². The molecule has 1 unspecified atom stereocenters. The number of aliphatic hydroxyl groups is 1. The molecule has 0 aliphatic carbocycles. The number of aliphatic hydroxyl groups excluding tert-OH is 1. The molecule has 18 heavy (non-hydrogen) atoms. The molecule has 7 heteroatoms. The van der Waals surface area contributed by atoms with E-state index in [0.717, 1.165) is 24.9 Å². The Morgan fingerprint density at radius 2 is 2.28 bits per heavy atom. The SMILES string of the molecule is O=S(=O)(c1cncc(F)c1)N1CCCC(CO)C1. The van der Waals surface area contributed by atoms with Crippen molar-refractivity contribution < 1.29 is 17.9 Å². The first-order chi connectivity index (χ1) is 8.54. The highest BCUT2D eigenvalue weighted by Crippen LogP contribution is 2.23. The van der Waals surface area contributed by atoms with E-state index in [4.69, 9.17) is 5.11 Å². The second-order valence-electron chi connectivity index (χ2n) is 4.39. The summed E-state index contributed by atoms with van der Waals surface area (Å²) in [6, 6.07) is 0.963. The first kappa shape index (κ1) is 13.4. The van der Waals surface area contributed by atoms with Gasteiger partial charge in [-0.25, -0.2) is 12.8 Å². The molecule has 1 aromatic heterocycles. The minimum Gasteiger partial charge on any atom is -0.396 e. The van der Waals surface area contributed by atoms with Gasteiger partial charge in [-0.1, -0.05) is 0 Å². The molecule has 0 aromatic carbocycles. The minimum absolute atomic E-state index is 0.0343. The quantitative estimate of drug-likeness (QED) is 0.877. The normalized spacial score (nSPS) is 22.0. The third-order valence-corrected chi connectivity index (χ3v) is 4.89. The van der Waals surface area contributed by atoms with Crippen molar-refractivity contribution in [2.45, 2.75) is 17.7 Å². The number of rotatable bonds is 3. The third kappa shape index (κ3) is 2.68. The van der Waals surface area contributed by atoms with Gasteiger partial charge in [-0.3, -0.25) is 4.98 Å². The fourth-order valence-electron chi connectivity index (χ4n) is 2.08. The molecular formula is C11H15FN2O3S. The zero-order chi connectivity index (χ0) is 13.2. The number of halogens is 1. The highest BCUT2D eigenvalue weighted by molar-refractivity contribution is 7.89. The molecule has 0 amide bonds. The monoisotopic (exact) mass is 274 g/mol. The van der Waals surface area contributed by atoms with Crippen LogP contribution in [0.25, 0.3) is 0 Å². The number of nitrogens with zero attached hydrogens (tertiary/aromatic N) is 2. The summed E-state index contributed by atoms with van der Waals surface area (Å²) in [7, 11) is -3.71. The van der Waals surface area contributed by atoms with Crippen molar-refractivity contribution in [3.8, 4) is 0 Å². The van der Waals surface area contributed by atoms with Gasteiger partial charge in [0.25, 0.3) is 0 Å². The molecule has 0 spiro atoms. The molecule has 5 nitrogen and oxygen atoms in total. The first-order valence-corrected chi connectivity index (χ1v) is 7.19. The zero-order valence-corrected chi connectivity index (χ0v) is 10.6. The summed E-state index contributed by atoms with van der Waals surface area (Å²) in [6.07, 6.45) is 3.61. The Hall–Kier alpha value is -1.05. The topological polar surface area (TPSA) is 70.5 Å². The maximum atomic E-state index is 13.0. The smallest absolute Gasteiger partial charge is 0.244 e. The van der Waals surface area contributed by atoms with Gasteiger partial charge in [0.15, 0.2) is 0 Å². The van der Waals surface area contributed by atoms with Crippen molar-refractivity contribution in [1.29, 1.82) is 0 Å². The van der Waals surface area contributed by atoms with E-state index in [-0.39, 0.29) is 24.0 Å². The van der Waals surface area contributed by atoms with Crippen LogP contribution in [0.15, 0.2) is 23.4 Å². The largest absolute Gasteiger partial charge is 0.396 e. The van der Waals surface area contributed by atoms with E-state index in [9.17, 15) is 12.8 Å². The van der Waals surface area contributed by atoms with Crippen LogP contribution in [0.4, 0.5) is 4.39 Å². The fourth-order valence-corrected chi connectivity index (χ4v) is 3.61. The summed E-state index contributed by atoms with van der Waals surface area (Å²) in [5.74, 6) is -0.721. The van der Waals surface area contributed by atoms with Gasteiger partial charge in [0, 0.05) is 25.9 Å². The summed E-state index contributed by atoms with van der Waals surface area (Å²) in [6.45, 7) is 0.637. The maximum absolute atomic E-state index is 13.0. The third-order valence-electron chi connectivity index (χ3n) is 3.06. The van der Waals surface area contributed by atoms with Crippen LogP contribution in [0.3, 0.4) is 0 Å². The summed E-state index contributed by atoms with van der Waals surface area (Å²) in [4.78, 5) is 3.42. The summed E-state index contributed by atoms with van der Waals surface area (Å²) >= 11 is 0. The molecule has 1 fully saturated rings. The number of hydrogen-bond donors (Lipinski definition) is 1. The zero-order valence-electron chi connectivity index (χ0n) is 9.79. The number of aromatic nitrogens is 1. The van der Waals surface area contributed by atoms with Crippen LogP contribution in [-0.2, 0) is 10.0 Å². The van der Waals surface area contributed by atoms with Crippen molar-refractivity contribution in [3.63, 3.8) is 0 Å². The highest BCUT2D eigenvalue weighted by atomic mass is 32.2. The van der Waals surface area contributed by atoms with Gasteiger partial charge >= 0.3 is 0 Å². The van der Waals surface area contributed by atoms with Gasteiger partial charge in [-0.15, -0.1) is 0 Å². The van der Waals surface area contributed by atoms with E-state index in [1.54, 1.807) is 0 Å². The molecule has 0 bridgehead atoms. The molecule has 1 aliphatic rings. The lowest BCUT2D eigenvalue weighted by Crippen LogP contribution is -2.40. The lowest BCUT2D eigenvalue weighted by Gasteiger charge is -2.30. The van der Waals surface area contributed by atoms with E-state index in [2.05, 4.69) is 4.98 Å². The maximum Gasteiger partial charge on any atom is 0.244 e. The molecule has 100 valence electrons. The number of sulfonamides is 1. The van der Waals surface area contributed by atoms with E-state index in [0.29, 0.717) is 13.0 Å². The first-order valence-electron chi connectivity index (χ1n) is 5.75. The van der Waals surface area contributed by atoms with Gasteiger partial charge in [0.05, 0.1) is 6.20 Å². The molecular weight excluding hydrogens is 259 g/mol. The molecule has 2 heterocycles. The Morgan fingerprint density at radius 1 is 1.50 bits per heavy atom. The van der Waals surface area contributed by atoms with Gasteiger partial charge in [0.1, 0.15) is 10.7 Å². The van der Waals surface area contributed by atoms with Crippen LogP contribution in [0.2, 0.25) is 0 Å². The standard InChI is InChI=1S/C11H15FN2O3S/c12-10-4-11(6-13-5-10)18(16,17)14-3-1-2-9(7-14)8-15/h4-6,9,15H,1-3,7-8H2. The molecule has 1 aliphatic heterocycles. The van der Waals surface area contributed by atoms with E-state index < -0.39 is 15.8 Å². The van der Waals surface area contributed by atoms with Crippen LogP contribution in [0, 0.1) is 11.7 Å². The van der Waals surface area contributed by atoms with Gasteiger partial charge in [0.2, 0.25) is 10.0 Å². The van der Waals surface area contributed by atoms with Crippen LogP contribution < -0.4 is 0 Å². The van der Waals surface area contributed by atoms with E-state index in [1.165, 1.54) is 4.31 Å². The van der Waals surface area contributed by atoms with Gasteiger partial charge in [-0.2, -0.15) is 4.31 Å². The van der Waals surface area contributed by atoms with Gasteiger partial charge in [-0.05, 0) is 24.8 Å². The predicted octanol–water partition coefficient (Wildman–Crippen LogP) is 0.614. The molecule has 0 radical (unpaired) electrons. The van der Waals surface area contributed by atoms with Crippen LogP contribution in [0.1, 0.15) is 12.8 Å². The highest BCUT2D eigenvalue weighted by Gasteiger charge is 2.30. The van der Waals surface area contributed by atoms with Crippen molar-refractivity contribution in [3.05, 3.63) is 24.3 Å². The Kier molecular flexibility index (Phi) is 3.94. The molecule has 1 atom stereocenters. The average Bonchev–Trinajstić information content (AvgIpc) is 2.39. The Labute approximate surface area is 105 Å². The Balaban J connectivity index is 2.25. The average molecular weight is 274 g/mol. The summed E-state index contributed by atoms with van der Waals surface area (Å²) in [5, 5.41) is 9.10. The lowest BCUT2D eigenvalue weighted by atomic mass is 10.0. The predicted molar refractivity (Wildman–Crippen MR) is 62.8 cm³/mol. The van der Waals surface area contributed by atoms with Crippen LogP contribution in [-0.4, -0.2) is 42.5 Å². The lowest BCUT2D eigenvalue weighted by molar-refractivity contribution is 0.165. The molecule has 0 saturated carbocycles. The molecule has 1 aromatic rings. The number of piperidine rings is 1. The second kappa shape index (κ2) is 5.29. The molecule has 1 saturated heterocycles. The van der Waals surface area contributed by atoms with Crippen LogP contribution in [0.5, 0.6) is 0 Å². The summed E-state index contributed by atoms with van der Waals surface area (Å²) in [5.41, 5.74) is 0. The molecule has 1 N–H and O–H groups in total. The van der Waals surface area contributed by atoms with Crippen molar-refractivity contribution in [1.82, 2.24) is 9.29 Å². The van der Waals surface area contributed by atoms with Crippen molar-refractivity contribution >= 4 is 10.0 Å². The Bertz CT molecular complexity index is 521. The van der Waals surface area contributed by atoms with Gasteiger partial charge < -0.3 is 5.11 Å². The second-order valence-corrected chi connectivity index (χ2v) is 6.33. The fraction of sp³-hybridized carbons (Fsp3) is 0.545. The van der Waals surface area contributed by atoms with Crippen molar-refractivity contribution in [2.75, 3.05) is 19.7 Å². The van der Waals surface area contributed by atoms with Crippen molar-refractivity contribution in [2.24, 2.45) is 5.92 Å². The number of pyridine rings is 1. The van der Waals surface area contributed by atoms with E-state index >= 15 is 0 Å². The van der Waals surface area contributed by atoms with Crippen LogP contribution >= 0.6 is 0 Å². The Morgan fingerprint density at radius 3 is 2.94 bits per heavy atom.